The number of hydrogen-bond donors (Lipinski definition) is 1. The molecule has 0 fully saturated rings. The van der Waals surface area contributed by atoms with Gasteiger partial charge in [-0.15, -0.1) is 0 Å². The third-order valence-electron chi connectivity index (χ3n) is 3.08. The summed E-state index contributed by atoms with van der Waals surface area (Å²) in [7, 11) is 0. The van der Waals surface area contributed by atoms with E-state index in [1.54, 1.807) is 24.3 Å². The molecule has 0 heterocycles. The van der Waals surface area contributed by atoms with Gasteiger partial charge in [-0.05, 0) is 42.7 Å². The highest BCUT2D eigenvalue weighted by Gasteiger charge is 2.12. The van der Waals surface area contributed by atoms with Crippen LogP contribution >= 0.6 is 0 Å². The molecule has 1 unspecified atom stereocenters. The van der Waals surface area contributed by atoms with Crippen molar-refractivity contribution >= 4 is 0 Å². The molecular weight excluding hydrogens is 222 g/mol. The van der Waals surface area contributed by atoms with Crippen molar-refractivity contribution in [1.82, 2.24) is 0 Å². The summed E-state index contributed by atoms with van der Waals surface area (Å²) < 4.78 is 0. The number of aliphatic hydroxyl groups is 1. The van der Waals surface area contributed by atoms with Gasteiger partial charge < -0.3 is 5.11 Å². The number of nitriles is 1. The first kappa shape index (κ1) is 12.3. The normalized spacial score (nSPS) is 11.9. The molecular formula is C16H15NO. The highest BCUT2D eigenvalue weighted by atomic mass is 16.3. The Balaban J connectivity index is 2.38. The summed E-state index contributed by atoms with van der Waals surface area (Å²) in [6.45, 7) is 4.00. The van der Waals surface area contributed by atoms with E-state index in [9.17, 15) is 5.11 Å². The molecule has 0 spiro atoms. The fourth-order valence-electron chi connectivity index (χ4n) is 1.97. The molecule has 0 aromatic heterocycles. The maximum atomic E-state index is 10.4. The minimum Gasteiger partial charge on any atom is -0.384 e. The van der Waals surface area contributed by atoms with Gasteiger partial charge in [-0.25, -0.2) is 0 Å². The average Bonchev–Trinajstić information content (AvgIpc) is 2.41. The van der Waals surface area contributed by atoms with E-state index in [4.69, 9.17) is 5.26 Å². The van der Waals surface area contributed by atoms with Crippen molar-refractivity contribution in [1.29, 1.82) is 5.26 Å². The van der Waals surface area contributed by atoms with Gasteiger partial charge in [0.25, 0.3) is 0 Å². The Kier molecular flexibility index (Phi) is 3.45. The van der Waals surface area contributed by atoms with E-state index >= 15 is 0 Å². The smallest absolute Gasteiger partial charge is 0.104 e. The minimum atomic E-state index is -0.641. The molecule has 2 heteroatoms. The zero-order valence-electron chi connectivity index (χ0n) is 10.5. The lowest BCUT2D eigenvalue weighted by Crippen LogP contribution is -2.02. The van der Waals surface area contributed by atoms with E-state index in [0.29, 0.717) is 5.56 Å². The Labute approximate surface area is 107 Å². The topological polar surface area (TPSA) is 44.0 Å². The predicted molar refractivity (Wildman–Crippen MR) is 71.1 cm³/mol. The molecule has 1 atom stereocenters. The van der Waals surface area contributed by atoms with Crippen LogP contribution < -0.4 is 0 Å². The van der Waals surface area contributed by atoms with Crippen LogP contribution in [-0.2, 0) is 0 Å². The van der Waals surface area contributed by atoms with Crippen LogP contribution in [0.1, 0.15) is 33.9 Å². The van der Waals surface area contributed by atoms with Crippen LogP contribution in [0.5, 0.6) is 0 Å². The summed E-state index contributed by atoms with van der Waals surface area (Å²) in [4.78, 5) is 0. The standard InChI is InChI=1S/C16H15NO/c1-11-3-4-12(2)15(9-11)16(18)14-7-5-13(10-17)6-8-14/h3-9,16,18H,1-2H3. The lowest BCUT2D eigenvalue weighted by Gasteiger charge is -2.15. The van der Waals surface area contributed by atoms with E-state index in [2.05, 4.69) is 6.07 Å². The van der Waals surface area contributed by atoms with E-state index in [0.717, 1.165) is 22.3 Å². The Bertz CT molecular complexity index is 593. The molecule has 2 aromatic carbocycles. The fourth-order valence-corrected chi connectivity index (χ4v) is 1.97. The lowest BCUT2D eigenvalue weighted by atomic mass is 9.95. The van der Waals surface area contributed by atoms with Crippen molar-refractivity contribution in [3.8, 4) is 6.07 Å². The Morgan fingerprint density at radius 3 is 2.33 bits per heavy atom. The van der Waals surface area contributed by atoms with Gasteiger partial charge in [0.05, 0.1) is 11.6 Å². The molecule has 0 aliphatic carbocycles. The second kappa shape index (κ2) is 5.03. The van der Waals surface area contributed by atoms with Crippen molar-refractivity contribution in [3.63, 3.8) is 0 Å². The molecule has 0 bridgehead atoms. The van der Waals surface area contributed by atoms with Crippen molar-refractivity contribution in [2.24, 2.45) is 0 Å². The first-order valence-corrected chi connectivity index (χ1v) is 5.87. The first-order chi connectivity index (χ1) is 8.61. The summed E-state index contributed by atoms with van der Waals surface area (Å²) in [5.41, 5.74) is 4.52. The molecule has 2 nitrogen and oxygen atoms in total. The van der Waals surface area contributed by atoms with Crippen molar-refractivity contribution in [2.75, 3.05) is 0 Å². The molecule has 18 heavy (non-hydrogen) atoms. The van der Waals surface area contributed by atoms with Gasteiger partial charge in [0.15, 0.2) is 0 Å². The van der Waals surface area contributed by atoms with E-state index in [-0.39, 0.29) is 0 Å². The third-order valence-corrected chi connectivity index (χ3v) is 3.08. The van der Waals surface area contributed by atoms with Gasteiger partial charge in [0.2, 0.25) is 0 Å². The number of hydrogen-bond acceptors (Lipinski definition) is 2. The monoisotopic (exact) mass is 237 g/mol. The molecule has 0 aliphatic rings. The predicted octanol–water partition coefficient (Wildman–Crippen LogP) is 3.26. The zero-order valence-corrected chi connectivity index (χ0v) is 10.5. The summed E-state index contributed by atoms with van der Waals surface area (Å²) in [5, 5.41) is 19.1. The number of benzene rings is 2. The van der Waals surface area contributed by atoms with Crippen LogP contribution in [0.3, 0.4) is 0 Å². The van der Waals surface area contributed by atoms with Gasteiger partial charge in [0.1, 0.15) is 6.10 Å². The SMILES string of the molecule is Cc1ccc(C)c(C(O)c2ccc(C#N)cc2)c1. The quantitative estimate of drug-likeness (QED) is 0.871. The van der Waals surface area contributed by atoms with E-state index < -0.39 is 6.10 Å². The lowest BCUT2D eigenvalue weighted by molar-refractivity contribution is 0.219. The molecule has 0 saturated heterocycles. The van der Waals surface area contributed by atoms with Crippen molar-refractivity contribution in [3.05, 3.63) is 70.3 Å². The Hall–Kier alpha value is -2.11. The maximum Gasteiger partial charge on any atom is 0.104 e. The molecule has 2 aromatic rings. The molecule has 0 radical (unpaired) electrons. The number of aryl methyl sites for hydroxylation is 2. The first-order valence-electron chi connectivity index (χ1n) is 5.87. The molecule has 2 rings (SSSR count). The average molecular weight is 237 g/mol. The second-order valence-corrected chi connectivity index (χ2v) is 4.50. The Morgan fingerprint density at radius 1 is 1.06 bits per heavy atom. The van der Waals surface area contributed by atoms with Crippen LogP contribution in [0.4, 0.5) is 0 Å². The number of rotatable bonds is 2. The van der Waals surface area contributed by atoms with Crippen LogP contribution in [0.25, 0.3) is 0 Å². The molecule has 1 N–H and O–H groups in total. The summed E-state index contributed by atoms with van der Waals surface area (Å²) >= 11 is 0. The van der Waals surface area contributed by atoms with Gasteiger partial charge in [0, 0.05) is 0 Å². The maximum absolute atomic E-state index is 10.4. The van der Waals surface area contributed by atoms with Gasteiger partial charge >= 0.3 is 0 Å². The summed E-state index contributed by atoms with van der Waals surface area (Å²) in [5.74, 6) is 0. The fraction of sp³-hybridized carbons (Fsp3) is 0.188. The van der Waals surface area contributed by atoms with Crippen molar-refractivity contribution < 1.29 is 5.11 Å². The zero-order chi connectivity index (χ0) is 13.1. The van der Waals surface area contributed by atoms with E-state index in [1.165, 1.54) is 0 Å². The third kappa shape index (κ3) is 2.42. The Morgan fingerprint density at radius 2 is 1.72 bits per heavy atom. The van der Waals surface area contributed by atoms with Crippen LogP contribution in [0, 0.1) is 25.2 Å². The number of nitrogens with zero attached hydrogens (tertiary/aromatic N) is 1. The minimum absolute atomic E-state index is 0.604. The summed E-state index contributed by atoms with van der Waals surface area (Å²) in [6, 6.07) is 15.2. The van der Waals surface area contributed by atoms with Crippen LogP contribution in [0.2, 0.25) is 0 Å². The van der Waals surface area contributed by atoms with Crippen molar-refractivity contribution in [2.45, 2.75) is 20.0 Å². The molecule has 0 saturated carbocycles. The number of aliphatic hydroxyl groups excluding tert-OH is 1. The molecule has 0 amide bonds. The largest absolute Gasteiger partial charge is 0.384 e. The van der Waals surface area contributed by atoms with Crippen LogP contribution in [-0.4, -0.2) is 5.11 Å². The summed E-state index contributed by atoms with van der Waals surface area (Å²) in [6.07, 6.45) is -0.641. The molecule has 0 aliphatic heterocycles. The van der Waals surface area contributed by atoms with Gasteiger partial charge in [-0.2, -0.15) is 5.26 Å². The van der Waals surface area contributed by atoms with E-state index in [1.807, 2.05) is 32.0 Å². The highest BCUT2D eigenvalue weighted by Crippen LogP contribution is 2.25. The molecule has 90 valence electrons. The second-order valence-electron chi connectivity index (χ2n) is 4.50. The highest BCUT2D eigenvalue weighted by molar-refractivity contribution is 5.40. The van der Waals surface area contributed by atoms with Gasteiger partial charge in [-0.3, -0.25) is 0 Å². The van der Waals surface area contributed by atoms with Crippen LogP contribution in [0.15, 0.2) is 42.5 Å². The van der Waals surface area contributed by atoms with Gasteiger partial charge in [-0.1, -0.05) is 35.9 Å².